The largest absolute Gasteiger partial charge is 0.455 e. The van der Waals surface area contributed by atoms with E-state index in [1.54, 1.807) is 0 Å². The van der Waals surface area contributed by atoms with Gasteiger partial charge in [-0.2, -0.15) is 4.99 Å². The molecule has 2 fully saturated rings. The molecule has 1 aromatic carbocycles. The summed E-state index contributed by atoms with van der Waals surface area (Å²) < 4.78 is 7.08. The molecular weight excluding hydrogens is 424 g/mol. The molecule has 0 saturated heterocycles. The third-order valence-electron chi connectivity index (χ3n) is 5.90. The van der Waals surface area contributed by atoms with Crippen LogP contribution in [0.25, 0.3) is 0 Å². The number of esters is 1. The van der Waals surface area contributed by atoms with Crippen molar-refractivity contribution in [3.05, 3.63) is 51.2 Å². The zero-order valence-corrected chi connectivity index (χ0v) is 18.0. The van der Waals surface area contributed by atoms with E-state index in [1.165, 1.54) is 11.3 Å². The number of rotatable bonds is 5. The first-order valence-corrected chi connectivity index (χ1v) is 11.4. The molecule has 0 N–H and O–H groups in total. The van der Waals surface area contributed by atoms with Crippen LogP contribution in [0, 0.1) is 17.8 Å². The van der Waals surface area contributed by atoms with Gasteiger partial charge in [0.25, 0.3) is 5.91 Å². The van der Waals surface area contributed by atoms with E-state index >= 15 is 0 Å². The number of Topliss-reactive ketones (excluding diaryl/α,β-unsaturated/α-hetero) is 1. The van der Waals surface area contributed by atoms with E-state index in [2.05, 4.69) is 4.99 Å². The minimum Gasteiger partial charge on any atom is -0.455 e. The molecule has 4 rings (SSSR count). The molecule has 2 bridgehead atoms. The number of ketones is 1. The Kier molecular flexibility index (Phi) is 6.49. The molecule has 1 amide bonds. The number of ether oxygens (including phenoxy) is 1. The van der Waals surface area contributed by atoms with Gasteiger partial charge in [-0.1, -0.05) is 36.2 Å². The lowest BCUT2D eigenvalue weighted by molar-refractivity contribution is -0.156. The van der Waals surface area contributed by atoms with E-state index in [0.29, 0.717) is 35.0 Å². The van der Waals surface area contributed by atoms with Crippen LogP contribution in [-0.4, -0.2) is 28.8 Å². The van der Waals surface area contributed by atoms with Crippen molar-refractivity contribution >= 4 is 40.6 Å². The van der Waals surface area contributed by atoms with Gasteiger partial charge >= 0.3 is 5.97 Å². The molecule has 2 saturated carbocycles. The van der Waals surface area contributed by atoms with Crippen LogP contribution in [0.1, 0.15) is 37.7 Å². The van der Waals surface area contributed by atoms with Crippen molar-refractivity contribution in [1.82, 2.24) is 4.57 Å². The van der Waals surface area contributed by atoms with E-state index in [9.17, 15) is 14.4 Å². The monoisotopic (exact) mass is 446 g/mol. The summed E-state index contributed by atoms with van der Waals surface area (Å²) in [5.74, 6) is -0.936. The quantitative estimate of drug-likeness (QED) is 0.657. The van der Waals surface area contributed by atoms with Crippen molar-refractivity contribution in [2.24, 2.45) is 22.7 Å². The Labute approximate surface area is 183 Å². The van der Waals surface area contributed by atoms with E-state index in [0.717, 1.165) is 24.8 Å². The number of fused-ring (bicyclic) bond motifs is 2. The van der Waals surface area contributed by atoms with Crippen LogP contribution in [0.5, 0.6) is 0 Å². The number of thiazole rings is 1. The van der Waals surface area contributed by atoms with Crippen LogP contribution in [0.15, 0.2) is 40.8 Å². The lowest BCUT2D eigenvalue weighted by atomic mass is 9.67. The number of carbonyl (C=O) groups excluding carboxylic acids is 3. The second-order valence-corrected chi connectivity index (χ2v) is 9.19. The summed E-state index contributed by atoms with van der Waals surface area (Å²) in [6.45, 7) is 0.108. The maximum Gasteiger partial charge on any atom is 0.309 e. The summed E-state index contributed by atoms with van der Waals surface area (Å²) in [6, 6.07) is 7.51. The van der Waals surface area contributed by atoms with Crippen molar-refractivity contribution in [3.8, 4) is 0 Å². The lowest BCUT2D eigenvalue weighted by Crippen LogP contribution is -2.39. The molecule has 6 nitrogen and oxygen atoms in total. The summed E-state index contributed by atoms with van der Waals surface area (Å²) in [5.41, 5.74) is 0.926. The molecule has 158 valence electrons. The highest BCUT2D eigenvalue weighted by Gasteiger charge is 2.41. The summed E-state index contributed by atoms with van der Waals surface area (Å²) in [7, 11) is 0. The van der Waals surface area contributed by atoms with Crippen molar-refractivity contribution in [1.29, 1.82) is 0 Å². The normalized spacial score (nSPS) is 24.0. The summed E-state index contributed by atoms with van der Waals surface area (Å²) in [4.78, 5) is 41.5. The first kappa shape index (κ1) is 21.0. The van der Waals surface area contributed by atoms with Crippen LogP contribution >= 0.6 is 22.9 Å². The molecule has 0 spiro atoms. The molecule has 30 heavy (non-hydrogen) atoms. The molecule has 0 aliphatic heterocycles. The van der Waals surface area contributed by atoms with Crippen LogP contribution in [-0.2, 0) is 25.7 Å². The zero-order valence-electron chi connectivity index (χ0n) is 16.5. The van der Waals surface area contributed by atoms with Gasteiger partial charge in [0.2, 0.25) is 0 Å². The molecule has 1 heterocycles. The van der Waals surface area contributed by atoms with Crippen molar-refractivity contribution in [3.63, 3.8) is 0 Å². The number of carbonyl (C=O) groups is 3. The van der Waals surface area contributed by atoms with Gasteiger partial charge in [-0.25, -0.2) is 0 Å². The fraction of sp³-hybridized carbons (Fsp3) is 0.455. The first-order chi connectivity index (χ1) is 14.5. The van der Waals surface area contributed by atoms with E-state index in [1.807, 2.05) is 40.4 Å². The number of halogens is 1. The van der Waals surface area contributed by atoms with Gasteiger partial charge in [-0.15, -0.1) is 11.3 Å². The van der Waals surface area contributed by atoms with Crippen LogP contribution < -0.4 is 4.80 Å². The number of benzene rings is 1. The van der Waals surface area contributed by atoms with E-state index in [-0.39, 0.29) is 24.4 Å². The van der Waals surface area contributed by atoms with Gasteiger partial charge in [0.05, 0.1) is 12.5 Å². The zero-order chi connectivity index (χ0) is 21.1. The summed E-state index contributed by atoms with van der Waals surface area (Å²) in [6.07, 6.45) is 5.69. The second-order valence-electron chi connectivity index (χ2n) is 7.91. The van der Waals surface area contributed by atoms with Gasteiger partial charge in [0, 0.05) is 28.4 Å². The number of nitrogens with zero attached hydrogens (tertiary/aromatic N) is 2. The number of hydrogen-bond acceptors (Lipinski definition) is 5. The molecule has 3 atom stereocenters. The van der Waals surface area contributed by atoms with E-state index in [4.69, 9.17) is 16.3 Å². The standard InChI is InChI=1S/C22H23ClN2O4S/c23-18-7-2-1-4-16(18)12-25-8-9-30-22(25)24-19(26)13-29-21(28)17-10-14-5-3-6-15(11-17)20(14)27/h1-2,4,7-9,14-15,17H,3,5-6,10-13H2/t14-,15+,17?. The number of amides is 1. The summed E-state index contributed by atoms with van der Waals surface area (Å²) >= 11 is 7.55. The SMILES string of the molecule is O=C(COC(=O)C1C[C@H]2CCC[C@@H](C1)C2=O)N=c1sccn1Cc1ccccc1Cl. The average molecular weight is 447 g/mol. The van der Waals surface area contributed by atoms with Crippen molar-refractivity contribution in [2.45, 2.75) is 38.6 Å². The highest BCUT2D eigenvalue weighted by atomic mass is 35.5. The molecule has 0 radical (unpaired) electrons. The molecule has 8 heteroatoms. The Balaban J connectivity index is 1.36. The molecule has 1 aromatic heterocycles. The van der Waals surface area contributed by atoms with E-state index < -0.39 is 11.9 Å². The third kappa shape index (κ3) is 4.73. The topological polar surface area (TPSA) is 77.7 Å². The molecule has 1 unspecified atom stereocenters. The van der Waals surface area contributed by atoms with Gasteiger partial charge in [-0.3, -0.25) is 14.4 Å². The Bertz CT molecular complexity index is 1010. The Hall–Kier alpha value is -2.25. The number of hydrogen-bond donors (Lipinski definition) is 0. The lowest BCUT2D eigenvalue weighted by Gasteiger charge is -2.36. The number of aromatic nitrogens is 1. The fourth-order valence-electron chi connectivity index (χ4n) is 4.38. The highest BCUT2D eigenvalue weighted by Crippen LogP contribution is 2.40. The van der Waals surface area contributed by atoms with Gasteiger partial charge in [0.15, 0.2) is 11.4 Å². The average Bonchev–Trinajstić information content (AvgIpc) is 3.14. The van der Waals surface area contributed by atoms with Gasteiger partial charge in [-0.05, 0) is 37.3 Å². The predicted octanol–water partition coefficient (Wildman–Crippen LogP) is 3.62. The molecule has 2 aliphatic rings. The highest BCUT2D eigenvalue weighted by molar-refractivity contribution is 7.07. The van der Waals surface area contributed by atoms with Crippen LogP contribution in [0.2, 0.25) is 5.02 Å². The Morgan fingerprint density at radius 3 is 2.67 bits per heavy atom. The molecule has 2 aliphatic carbocycles. The fourth-order valence-corrected chi connectivity index (χ4v) is 5.32. The molecular formula is C22H23ClN2O4S. The third-order valence-corrected chi connectivity index (χ3v) is 7.06. The van der Waals surface area contributed by atoms with Gasteiger partial charge in [0.1, 0.15) is 5.78 Å². The maximum absolute atomic E-state index is 12.4. The Morgan fingerprint density at radius 1 is 1.20 bits per heavy atom. The van der Waals surface area contributed by atoms with Crippen LogP contribution in [0.4, 0.5) is 0 Å². The molecule has 2 aromatic rings. The second kappa shape index (κ2) is 9.27. The minimum absolute atomic E-state index is 0.0228. The maximum atomic E-state index is 12.4. The predicted molar refractivity (Wildman–Crippen MR) is 113 cm³/mol. The van der Waals surface area contributed by atoms with Crippen LogP contribution in [0.3, 0.4) is 0 Å². The van der Waals surface area contributed by atoms with Gasteiger partial charge < -0.3 is 9.30 Å². The first-order valence-electron chi connectivity index (χ1n) is 10.2. The smallest absolute Gasteiger partial charge is 0.309 e. The minimum atomic E-state index is -0.509. The van der Waals surface area contributed by atoms with Crippen molar-refractivity contribution < 1.29 is 19.1 Å². The Morgan fingerprint density at radius 2 is 1.93 bits per heavy atom. The van der Waals surface area contributed by atoms with Crippen molar-refractivity contribution in [2.75, 3.05) is 6.61 Å². The summed E-state index contributed by atoms with van der Waals surface area (Å²) in [5, 5.41) is 2.49.